The maximum atomic E-state index is 14.9. The number of rotatable bonds is 6. The fraction of sp³-hybridized carbons (Fsp3) is 0.407. The fourth-order valence-corrected chi connectivity index (χ4v) is 4.98. The summed E-state index contributed by atoms with van der Waals surface area (Å²) in [6, 6.07) is 9.03. The van der Waals surface area contributed by atoms with Gasteiger partial charge in [0.05, 0.1) is 25.0 Å². The molecule has 3 aromatic rings. The zero-order valence-electron chi connectivity index (χ0n) is 20.3. The standard InChI is InChI=1S/C27H28F4N4O/c1-16(2)35-7-8-36-27-21(28)11-19(12-23(27)35)26-22(29)13-32-25(33-26)10-17-3-4-18-5-6-34(15-24(30)31)14-20(18)9-17/h3-4,9,11-13,16,24H,5-8,10,14-15H2,1-2H3. The summed E-state index contributed by atoms with van der Waals surface area (Å²) in [6.07, 6.45) is -0.201. The molecule has 0 unspecified atom stereocenters. The van der Waals surface area contributed by atoms with Crippen LogP contribution in [0.15, 0.2) is 36.5 Å². The summed E-state index contributed by atoms with van der Waals surface area (Å²) in [5, 5.41) is 0. The Labute approximate surface area is 207 Å². The Morgan fingerprint density at radius 3 is 2.64 bits per heavy atom. The summed E-state index contributed by atoms with van der Waals surface area (Å²) in [4.78, 5) is 12.4. The lowest BCUT2D eigenvalue weighted by Gasteiger charge is -2.34. The first-order valence-electron chi connectivity index (χ1n) is 12.1. The van der Waals surface area contributed by atoms with Gasteiger partial charge in [0.15, 0.2) is 17.4 Å². The average molecular weight is 501 g/mol. The number of benzene rings is 2. The Kier molecular flexibility index (Phi) is 6.83. The van der Waals surface area contributed by atoms with Crippen molar-refractivity contribution in [1.82, 2.24) is 14.9 Å². The van der Waals surface area contributed by atoms with Crippen LogP contribution in [0.5, 0.6) is 5.75 Å². The van der Waals surface area contributed by atoms with Crippen LogP contribution in [0.1, 0.15) is 36.4 Å². The Hall–Kier alpha value is -3.20. The first kappa shape index (κ1) is 24.5. The largest absolute Gasteiger partial charge is 0.486 e. The van der Waals surface area contributed by atoms with Crippen molar-refractivity contribution in [3.63, 3.8) is 0 Å². The van der Waals surface area contributed by atoms with Crippen LogP contribution < -0.4 is 9.64 Å². The van der Waals surface area contributed by atoms with Crippen molar-refractivity contribution in [2.24, 2.45) is 0 Å². The highest BCUT2D eigenvalue weighted by Gasteiger charge is 2.26. The highest BCUT2D eigenvalue weighted by atomic mass is 19.3. The van der Waals surface area contributed by atoms with Crippen molar-refractivity contribution >= 4 is 5.69 Å². The number of hydrogen-bond donors (Lipinski definition) is 0. The molecular formula is C27H28F4N4O. The summed E-state index contributed by atoms with van der Waals surface area (Å²) < 4.78 is 61.0. The monoisotopic (exact) mass is 500 g/mol. The van der Waals surface area contributed by atoms with E-state index in [0.29, 0.717) is 49.7 Å². The Morgan fingerprint density at radius 2 is 1.86 bits per heavy atom. The van der Waals surface area contributed by atoms with Gasteiger partial charge in [0.1, 0.15) is 18.1 Å². The van der Waals surface area contributed by atoms with Gasteiger partial charge in [0, 0.05) is 31.1 Å². The van der Waals surface area contributed by atoms with Crippen molar-refractivity contribution in [3.8, 4) is 17.0 Å². The molecule has 0 saturated heterocycles. The Morgan fingerprint density at radius 1 is 1.03 bits per heavy atom. The molecule has 0 radical (unpaired) electrons. The van der Waals surface area contributed by atoms with Gasteiger partial charge in [-0.2, -0.15) is 0 Å². The van der Waals surface area contributed by atoms with Crippen LogP contribution in [0, 0.1) is 11.6 Å². The predicted molar refractivity (Wildman–Crippen MR) is 130 cm³/mol. The molecule has 0 atom stereocenters. The van der Waals surface area contributed by atoms with E-state index in [4.69, 9.17) is 4.74 Å². The quantitative estimate of drug-likeness (QED) is 0.433. The summed E-state index contributed by atoms with van der Waals surface area (Å²) >= 11 is 0. The van der Waals surface area contributed by atoms with Crippen molar-refractivity contribution in [3.05, 3.63) is 70.7 Å². The Balaban J connectivity index is 1.43. The molecular weight excluding hydrogens is 472 g/mol. The number of hydrogen-bond acceptors (Lipinski definition) is 5. The molecule has 0 bridgehead atoms. The molecule has 0 N–H and O–H groups in total. The lowest BCUT2D eigenvalue weighted by atomic mass is 9.96. The van der Waals surface area contributed by atoms with Crippen molar-refractivity contribution in [2.75, 3.05) is 31.1 Å². The molecule has 5 nitrogen and oxygen atoms in total. The molecule has 2 aliphatic rings. The van der Waals surface area contributed by atoms with E-state index in [9.17, 15) is 17.6 Å². The third kappa shape index (κ3) is 5.02. The lowest BCUT2D eigenvalue weighted by molar-refractivity contribution is 0.0820. The normalized spacial score (nSPS) is 15.7. The summed E-state index contributed by atoms with van der Waals surface area (Å²) in [6.45, 7) is 5.84. The topological polar surface area (TPSA) is 41.5 Å². The van der Waals surface area contributed by atoms with Gasteiger partial charge in [0.2, 0.25) is 0 Å². The zero-order chi connectivity index (χ0) is 25.4. The number of nitrogens with zero attached hydrogens (tertiary/aromatic N) is 4. The summed E-state index contributed by atoms with van der Waals surface area (Å²) in [5.74, 6) is -0.639. The minimum absolute atomic E-state index is 0.0250. The van der Waals surface area contributed by atoms with Crippen molar-refractivity contribution in [2.45, 2.75) is 45.7 Å². The number of ether oxygens (including phenoxy) is 1. The number of halogens is 4. The van der Waals surface area contributed by atoms with E-state index in [0.717, 1.165) is 29.3 Å². The van der Waals surface area contributed by atoms with Gasteiger partial charge in [0.25, 0.3) is 6.43 Å². The van der Waals surface area contributed by atoms with Gasteiger partial charge < -0.3 is 9.64 Å². The second-order valence-corrected chi connectivity index (χ2v) is 9.58. The third-order valence-corrected chi connectivity index (χ3v) is 6.72. The van der Waals surface area contributed by atoms with Crippen LogP contribution in [-0.2, 0) is 19.4 Å². The summed E-state index contributed by atoms with van der Waals surface area (Å²) in [5.41, 5.74) is 3.97. The van der Waals surface area contributed by atoms with E-state index in [1.807, 2.05) is 36.9 Å². The van der Waals surface area contributed by atoms with E-state index in [1.165, 1.54) is 6.07 Å². The van der Waals surface area contributed by atoms with Crippen LogP contribution in [0.4, 0.5) is 23.2 Å². The van der Waals surface area contributed by atoms with Gasteiger partial charge in [-0.3, -0.25) is 4.90 Å². The molecule has 0 spiro atoms. The molecule has 1 aromatic heterocycles. The maximum absolute atomic E-state index is 14.9. The molecule has 5 rings (SSSR count). The van der Waals surface area contributed by atoms with Gasteiger partial charge in [-0.05, 0) is 49.1 Å². The van der Waals surface area contributed by atoms with E-state index in [2.05, 4.69) is 9.97 Å². The highest BCUT2D eigenvalue weighted by molar-refractivity contribution is 5.72. The van der Waals surface area contributed by atoms with Crippen LogP contribution in [0.3, 0.4) is 0 Å². The number of anilines is 1. The minimum atomic E-state index is -2.37. The van der Waals surface area contributed by atoms with Crippen LogP contribution >= 0.6 is 0 Å². The minimum Gasteiger partial charge on any atom is -0.486 e. The second kappa shape index (κ2) is 10.0. The SMILES string of the molecule is CC(C)N1CCOc2c(F)cc(-c3nc(Cc4ccc5c(c4)CN(CC(F)F)CC5)ncc3F)cc21. The highest BCUT2D eigenvalue weighted by Crippen LogP contribution is 2.39. The number of fused-ring (bicyclic) bond motifs is 2. The average Bonchev–Trinajstić information content (AvgIpc) is 2.84. The molecule has 2 aliphatic heterocycles. The van der Waals surface area contributed by atoms with Gasteiger partial charge in [-0.15, -0.1) is 0 Å². The molecule has 190 valence electrons. The first-order chi connectivity index (χ1) is 17.3. The van der Waals surface area contributed by atoms with E-state index < -0.39 is 18.1 Å². The van der Waals surface area contributed by atoms with Gasteiger partial charge in [-0.1, -0.05) is 18.2 Å². The zero-order valence-corrected chi connectivity index (χ0v) is 20.3. The van der Waals surface area contributed by atoms with Crippen LogP contribution in [0.25, 0.3) is 11.3 Å². The van der Waals surface area contributed by atoms with Gasteiger partial charge in [-0.25, -0.2) is 27.5 Å². The first-order valence-corrected chi connectivity index (χ1v) is 12.1. The molecule has 3 heterocycles. The second-order valence-electron chi connectivity index (χ2n) is 9.58. The van der Waals surface area contributed by atoms with Crippen molar-refractivity contribution < 1.29 is 22.3 Å². The number of aromatic nitrogens is 2. The van der Waals surface area contributed by atoms with E-state index >= 15 is 0 Å². The van der Waals surface area contributed by atoms with E-state index in [1.54, 1.807) is 11.0 Å². The van der Waals surface area contributed by atoms with Crippen LogP contribution in [-0.4, -0.2) is 53.6 Å². The predicted octanol–water partition coefficient (Wildman–Crippen LogP) is 5.24. The molecule has 0 saturated carbocycles. The van der Waals surface area contributed by atoms with Crippen LogP contribution in [0.2, 0.25) is 0 Å². The van der Waals surface area contributed by atoms with Gasteiger partial charge >= 0.3 is 0 Å². The molecule has 0 fully saturated rings. The fourth-order valence-electron chi connectivity index (χ4n) is 4.98. The van der Waals surface area contributed by atoms with E-state index in [-0.39, 0.29) is 24.0 Å². The molecule has 0 amide bonds. The molecule has 0 aliphatic carbocycles. The molecule has 36 heavy (non-hydrogen) atoms. The lowest BCUT2D eigenvalue weighted by Crippen LogP contribution is -2.38. The maximum Gasteiger partial charge on any atom is 0.251 e. The smallest absolute Gasteiger partial charge is 0.251 e. The Bertz CT molecular complexity index is 1270. The number of alkyl halides is 2. The summed E-state index contributed by atoms with van der Waals surface area (Å²) in [7, 11) is 0. The van der Waals surface area contributed by atoms with Crippen molar-refractivity contribution in [1.29, 1.82) is 0 Å². The molecule has 2 aromatic carbocycles. The molecule has 9 heteroatoms. The third-order valence-electron chi connectivity index (χ3n) is 6.72.